The van der Waals surface area contributed by atoms with Crippen molar-refractivity contribution in [2.45, 2.75) is 31.5 Å². The molecule has 1 aliphatic rings. The maximum absolute atomic E-state index is 12.6. The van der Waals surface area contributed by atoms with E-state index in [1.165, 1.54) is 6.42 Å². The van der Waals surface area contributed by atoms with Crippen LogP contribution in [-0.2, 0) is 6.18 Å². The van der Waals surface area contributed by atoms with E-state index in [4.69, 9.17) is 0 Å². The van der Waals surface area contributed by atoms with Crippen molar-refractivity contribution in [1.29, 1.82) is 0 Å². The molecular formula is C14H20F3N3O. The summed E-state index contributed by atoms with van der Waals surface area (Å²) in [5.74, 6) is 0.127. The molecule has 1 saturated heterocycles. The van der Waals surface area contributed by atoms with Crippen LogP contribution in [0.3, 0.4) is 0 Å². The second-order valence-corrected chi connectivity index (χ2v) is 5.32. The fourth-order valence-corrected chi connectivity index (χ4v) is 2.43. The molecule has 1 fully saturated rings. The summed E-state index contributed by atoms with van der Waals surface area (Å²) in [4.78, 5) is 6.01. The predicted octanol–water partition coefficient (Wildman–Crippen LogP) is 2.36. The predicted molar refractivity (Wildman–Crippen MR) is 74.0 cm³/mol. The van der Waals surface area contributed by atoms with Gasteiger partial charge >= 0.3 is 6.18 Å². The van der Waals surface area contributed by atoms with E-state index in [0.717, 1.165) is 44.3 Å². The number of halogens is 3. The molecule has 1 aromatic rings. The van der Waals surface area contributed by atoms with Gasteiger partial charge in [0.1, 0.15) is 5.82 Å². The Morgan fingerprint density at radius 1 is 1.29 bits per heavy atom. The number of pyridine rings is 1. The summed E-state index contributed by atoms with van der Waals surface area (Å²) in [6.45, 7) is 2.66. The van der Waals surface area contributed by atoms with Gasteiger partial charge in [0.2, 0.25) is 0 Å². The molecule has 0 amide bonds. The van der Waals surface area contributed by atoms with Gasteiger partial charge in [-0.25, -0.2) is 4.98 Å². The highest BCUT2D eigenvalue weighted by atomic mass is 19.4. The second kappa shape index (κ2) is 7.09. The lowest BCUT2D eigenvalue weighted by molar-refractivity contribution is -0.137. The zero-order chi connectivity index (χ0) is 15.3. The van der Waals surface area contributed by atoms with Gasteiger partial charge in [0, 0.05) is 19.3 Å². The van der Waals surface area contributed by atoms with E-state index in [1.807, 2.05) is 0 Å². The monoisotopic (exact) mass is 303 g/mol. The first-order chi connectivity index (χ1) is 9.95. The smallest absolute Gasteiger partial charge is 0.390 e. The lowest BCUT2D eigenvalue weighted by atomic mass is 10.1. The van der Waals surface area contributed by atoms with Crippen molar-refractivity contribution in [3.63, 3.8) is 0 Å². The minimum Gasteiger partial charge on any atom is -0.390 e. The van der Waals surface area contributed by atoms with E-state index in [9.17, 15) is 18.3 Å². The van der Waals surface area contributed by atoms with Gasteiger partial charge < -0.3 is 15.3 Å². The Morgan fingerprint density at radius 3 is 2.67 bits per heavy atom. The number of nitrogens with one attached hydrogen (secondary N) is 1. The van der Waals surface area contributed by atoms with Gasteiger partial charge in [0.05, 0.1) is 11.7 Å². The SMILES string of the molecule is O[C@@H](CNc1cc(C(F)(F)F)ccn1)CN1CCCCC1. The van der Waals surface area contributed by atoms with Crippen molar-refractivity contribution in [3.8, 4) is 0 Å². The number of aliphatic hydroxyl groups excluding tert-OH is 1. The van der Waals surface area contributed by atoms with Crippen LogP contribution in [0.15, 0.2) is 18.3 Å². The third-order valence-corrected chi connectivity index (χ3v) is 3.52. The van der Waals surface area contributed by atoms with Crippen molar-refractivity contribution in [3.05, 3.63) is 23.9 Å². The van der Waals surface area contributed by atoms with Crippen molar-refractivity contribution < 1.29 is 18.3 Å². The van der Waals surface area contributed by atoms with Gasteiger partial charge in [-0.2, -0.15) is 13.2 Å². The normalized spacial score (nSPS) is 18.5. The number of aromatic nitrogens is 1. The molecule has 2 heterocycles. The summed E-state index contributed by atoms with van der Waals surface area (Å²) < 4.78 is 37.7. The molecule has 0 unspecified atom stereocenters. The molecule has 1 aliphatic heterocycles. The van der Waals surface area contributed by atoms with Gasteiger partial charge in [-0.3, -0.25) is 0 Å². The molecule has 0 radical (unpaired) electrons. The highest BCUT2D eigenvalue weighted by Gasteiger charge is 2.30. The average molecular weight is 303 g/mol. The fourth-order valence-electron chi connectivity index (χ4n) is 2.43. The van der Waals surface area contributed by atoms with Crippen LogP contribution < -0.4 is 5.32 Å². The molecule has 1 aromatic heterocycles. The van der Waals surface area contributed by atoms with E-state index in [2.05, 4.69) is 15.2 Å². The highest BCUT2D eigenvalue weighted by Crippen LogP contribution is 2.29. The van der Waals surface area contributed by atoms with Crippen LogP contribution in [0.5, 0.6) is 0 Å². The first-order valence-electron chi connectivity index (χ1n) is 7.13. The van der Waals surface area contributed by atoms with Gasteiger partial charge in [-0.05, 0) is 38.1 Å². The van der Waals surface area contributed by atoms with Crippen LogP contribution in [0.1, 0.15) is 24.8 Å². The van der Waals surface area contributed by atoms with E-state index in [-0.39, 0.29) is 12.4 Å². The Bertz CT molecular complexity index is 447. The molecule has 0 spiro atoms. The molecular weight excluding hydrogens is 283 g/mol. The standard InChI is InChI=1S/C14H20F3N3O/c15-14(16,17)11-4-5-18-13(8-11)19-9-12(21)10-20-6-2-1-3-7-20/h4-5,8,12,21H,1-3,6-7,9-10H2,(H,18,19)/t12-/m0/s1. The molecule has 118 valence electrons. The summed E-state index contributed by atoms with van der Waals surface area (Å²) >= 11 is 0. The highest BCUT2D eigenvalue weighted by molar-refractivity contribution is 5.38. The summed E-state index contributed by atoms with van der Waals surface area (Å²) in [6.07, 6.45) is -0.406. The number of hydrogen-bond acceptors (Lipinski definition) is 4. The molecule has 1 atom stereocenters. The summed E-state index contributed by atoms with van der Waals surface area (Å²) in [6, 6.07) is 1.88. The molecule has 0 saturated carbocycles. The first kappa shape index (κ1) is 16.0. The Kier molecular flexibility index (Phi) is 5.41. The summed E-state index contributed by atoms with van der Waals surface area (Å²) in [5.41, 5.74) is -0.745. The Morgan fingerprint density at radius 2 is 2.00 bits per heavy atom. The summed E-state index contributed by atoms with van der Waals surface area (Å²) in [7, 11) is 0. The van der Waals surface area contributed by atoms with Crippen LogP contribution in [0.25, 0.3) is 0 Å². The Labute approximate surface area is 122 Å². The molecule has 0 aliphatic carbocycles. The van der Waals surface area contributed by atoms with Crippen molar-refractivity contribution in [1.82, 2.24) is 9.88 Å². The average Bonchev–Trinajstić information content (AvgIpc) is 2.46. The topological polar surface area (TPSA) is 48.4 Å². The quantitative estimate of drug-likeness (QED) is 0.877. The van der Waals surface area contributed by atoms with Gasteiger partial charge in [-0.15, -0.1) is 0 Å². The zero-order valence-corrected chi connectivity index (χ0v) is 11.7. The lowest BCUT2D eigenvalue weighted by Crippen LogP contribution is -2.39. The third-order valence-electron chi connectivity index (χ3n) is 3.52. The van der Waals surface area contributed by atoms with Crippen LogP contribution >= 0.6 is 0 Å². The molecule has 7 heteroatoms. The van der Waals surface area contributed by atoms with E-state index in [1.54, 1.807) is 0 Å². The van der Waals surface area contributed by atoms with Gasteiger partial charge in [0.15, 0.2) is 0 Å². The summed E-state index contributed by atoms with van der Waals surface area (Å²) in [5, 5.41) is 12.7. The molecule has 0 bridgehead atoms. The van der Waals surface area contributed by atoms with Crippen molar-refractivity contribution >= 4 is 5.82 Å². The third kappa shape index (κ3) is 5.17. The van der Waals surface area contributed by atoms with Crippen LogP contribution in [0.2, 0.25) is 0 Å². The number of likely N-dealkylation sites (tertiary alicyclic amines) is 1. The Balaban J connectivity index is 1.82. The lowest BCUT2D eigenvalue weighted by Gasteiger charge is -2.28. The number of nitrogens with zero attached hydrogens (tertiary/aromatic N) is 2. The van der Waals surface area contributed by atoms with E-state index in [0.29, 0.717) is 6.54 Å². The van der Waals surface area contributed by atoms with Crippen LogP contribution in [0, 0.1) is 0 Å². The molecule has 4 nitrogen and oxygen atoms in total. The fraction of sp³-hybridized carbons (Fsp3) is 0.643. The molecule has 21 heavy (non-hydrogen) atoms. The Hall–Kier alpha value is -1.34. The maximum Gasteiger partial charge on any atom is 0.416 e. The number of piperidine rings is 1. The zero-order valence-electron chi connectivity index (χ0n) is 11.7. The minimum absolute atomic E-state index is 0.127. The van der Waals surface area contributed by atoms with Crippen LogP contribution in [0.4, 0.5) is 19.0 Å². The van der Waals surface area contributed by atoms with E-state index >= 15 is 0 Å². The largest absolute Gasteiger partial charge is 0.416 e. The molecule has 0 aromatic carbocycles. The van der Waals surface area contributed by atoms with Gasteiger partial charge in [0.25, 0.3) is 0 Å². The molecule has 2 rings (SSSR count). The first-order valence-corrected chi connectivity index (χ1v) is 7.13. The minimum atomic E-state index is -4.38. The molecule has 2 N–H and O–H groups in total. The number of hydrogen-bond donors (Lipinski definition) is 2. The number of aliphatic hydroxyl groups is 1. The number of rotatable bonds is 5. The van der Waals surface area contributed by atoms with Crippen LogP contribution in [-0.4, -0.2) is 47.3 Å². The number of β-amino-alcohol motifs (C(OH)–C–C–N with tert-alkyl or cyclic N) is 1. The van der Waals surface area contributed by atoms with E-state index < -0.39 is 17.8 Å². The maximum atomic E-state index is 12.6. The van der Waals surface area contributed by atoms with Gasteiger partial charge in [-0.1, -0.05) is 6.42 Å². The number of anilines is 1. The van der Waals surface area contributed by atoms with Crippen molar-refractivity contribution in [2.75, 3.05) is 31.5 Å². The van der Waals surface area contributed by atoms with Crippen molar-refractivity contribution in [2.24, 2.45) is 0 Å². The number of alkyl halides is 3. The second-order valence-electron chi connectivity index (χ2n) is 5.32.